The lowest BCUT2D eigenvalue weighted by Crippen LogP contribution is -2.50. The van der Waals surface area contributed by atoms with Crippen LogP contribution in [0.3, 0.4) is 0 Å². The number of amides is 2. The van der Waals surface area contributed by atoms with Crippen LogP contribution < -0.4 is 15.4 Å². The van der Waals surface area contributed by atoms with Crippen molar-refractivity contribution < 1.29 is 27.5 Å². The smallest absolute Gasteiger partial charge is 0.421 e. The highest BCUT2D eigenvalue weighted by molar-refractivity contribution is 5.95. The molecule has 0 spiro atoms. The van der Waals surface area contributed by atoms with Gasteiger partial charge < -0.3 is 25.2 Å². The number of aromatic nitrogens is 2. The topological polar surface area (TPSA) is 99.7 Å². The van der Waals surface area contributed by atoms with E-state index in [0.717, 1.165) is 18.8 Å². The summed E-state index contributed by atoms with van der Waals surface area (Å²) >= 11 is 0. The molecule has 2 aliphatic rings. The molecule has 2 fully saturated rings. The maximum absolute atomic E-state index is 13.3. The fraction of sp³-hybridized carbons (Fsp3) is 0.647. The fourth-order valence-corrected chi connectivity index (χ4v) is 6.46. The monoisotopic (exact) mass is 646 g/mol. The van der Waals surface area contributed by atoms with E-state index >= 15 is 0 Å². The lowest BCUT2D eigenvalue weighted by atomic mass is 9.93. The number of halogens is 3. The summed E-state index contributed by atoms with van der Waals surface area (Å²) in [5, 5.41) is 5.31. The summed E-state index contributed by atoms with van der Waals surface area (Å²) in [6.45, 7) is 1.89. The van der Waals surface area contributed by atoms with E-state index in [1.807, 2.05) is 4.90 Å². The third kappa shape index (κ3) is 10.2. The minimum atomic E-state index is -4.60. The second-order valence-corrected chi connectivity index (χ2v) is 12.4. The molecule has 46 heavy (non-hydrogen) atoms. The maximum Gasteiger partial charge on any atom is 0.421 e. The molecule has 1 aromatic heterocycles. The molecule has 1 saturated heterocycles. The lowest BCUT2D eigenvalue weighted by molar-refractivity contribution is -0.137. The average molecular weight is 647 g/mol. The summed E-state index contributed by atoms with van der Waals surface area (Å²) in [6, 6.07) is 4.79. The van der Waals surface area contributed by atoms with Crippen molar-refractivity contribution in [3.8, 4) is 5.75 Å². The van der Waals surface area contributed by atoms with Crippen LogP contribution in [0.1, 0.15) is 106 Å². The number of piperazine rings is 1. The van der Waals surface area contributed by atoms with Gasteiger partial charge in [-0.3, -0.25) is 9.59 Å². The highest BCUT2D eigenvalue weighted by Crippen LogP contribution is 2.35. The molecule has 0 unspecified atom stereocenters. The van der Waals surface area contributed by atoms with E-state index in [1.165, 1.54) is 84.8 Å². The number of hydrogen-bond donors (Lipinski definition) is 2. The second-order valence-electron chi connectivity index (χ2n) is 12.4. The number of unbranched alkanes of at least 4 members (excludes halogenated alkanes) is 5. The van der Waals surface area contributed by atoms with Gasteiger partial charge in [0.25, 0.3) is 5.91 Å². The molecular formula is C34H49F3N6O3. The molecule has 12 heteroatoms. The quantitative estimate of drug-likeness (QED) is 0.161. The number of carbonyl (C=O) groups excluding carboxylic acids is 2. The van der Waals surface area contributed by atoms with Crippen LogP contribution in [0, 0.1) is 5.92 Å². The second kappa shape index (κ2) is 17.4. The van der Waals surface area contributed by atoms with Crippen molar-refractivity contribution in [2.75, 3.05) is 51.0 Å². The number of alkyl halides is 3. The van der Waals surface area contributed by atoms with Crippen molar-refractivity contribution in [2.45, 2.75) is 96.1 Å². The summed E-state index contributed by atoms with van der Waals surface area (Å²) in [6.07, 6.45) is 13.7. The van der Waals surface area contributed by atoms with Gasteiger partial charge in [0, 0.05) is 51.4 Å². The Kier molecular flexibility index (Phi) is 13.3. The largest absolute Gasteiger partial charge is 0.495 e. The third-order valence-electron chi connectivity index (χ3n) is 9.17. The normalized spacial score (nSPS) is 16.2. The van der Waals surface area contributed by atoms with Gasteiger partial charge in [0.05, 0.1) is 12.8 Å². The number of hydrogen-bond acceptors (Lipinski definition) is 7. The summed E-state index contributed by atoms with van der Waals surface area (Å²) in [4.78, 5) is 37.3. The van der Waals surface area contributed by atoms with Crippen molar-refractivity contribution >= 4 is 29.3 Å². The van der Waals surface area contributed by atoms with Gasteiger partial charge in [-0.2, -0.15) is 18.2 Å². The fourth-order valence-electron chi connectivity index (χ4n) is 6.46. The molecule has 2 heterocycles. The van der Waals surface area contributed by atoms with E-state index in [4.69, 9.17) is 4.74 Å². The molecule has 254 valence electrons. The zero-order chi connectivity index (χ0) is 32.9. The Morgan fingerprint density at radius 2 is 1.59 bits per heavy atom. The lowest BCUT2D eigenvalue weighted by Gasteiger charge is -2.35. The SMILES string of the molecule is CNc1nc(Nc2ccc(C(=O)N3CCN(C(=O)CCCCCCCCC4CCCCCC4)CC3)cc2OC)ncc1C(F)(F)F. The van der Waals surface area contributed by atoms with E-state index in [2.05, 4.69) is 20.6 Å². The predicted octanol–water partition coefficient (Wildman–Crippen LogP) is 7.66. The number of benzene rings is 1. The first-order valence-electron chi connectivity index (χ1n) is 16.8. The van der Waals surface area contributed by atoms with E-state index in [9.17, 15) is 22.8 Å². The molecule has 2 aromatic rings. The Balaban J connectivity index is 1.17. The van der Waals surface area contributed by atoms with Crippen molar-refractivity contribution in [1.82, 2.24) is 19.8 Å². The highest BCUT2D eigenvalue weighted by Gasteiger charge is 2.35. The van der Waals surface area contributed by atoms with Gasteiger partial charge in [0.15, 0.2) is 0 Å². The maximum atomic E-state index is 13.3. The van der Waals surface area contributed by atoms with Crippen LogP contribution in [0.2, 0.25) is 0 Å². The Morgan fingerprint density at radius 3 is 2.24 bits per heavy atom. The zero-order valence-electron chi connectivity index (χ0n) is 27.3. The molecule has 0 radical (unpaired) electrons. The predicted molar refractivity (Wildman–Crippen MR) is 173 cm³/mol. The Morgan fingerprint density at radius 1 is 0.935 bits per heavy atom. The highest BCUT2D eigenvalue weighted by atomic mass is 19.4. The van der Waals surface area contributed by atoms with Gasteiger partial charge in [-0.05, 0) is 30.5 Å². The van der Waals surface area contributed by atoms with Crippen molar-refractivity contribution in [3.05, 3.63) is 35.5 Å². The van der Waals surface area contributed by atoms with Crippen LogP contribution in [0.15, 0.2) is 24.4 Å². The van der Waals surface area contributed by atoms with Gasteiger partial charge in [0.2, 0.25) is 11.9 Å². The molecule has 1 saturated carbocycles. The third-order valence-corrected chi connectivity index (χ3v) is 9.17. The molecule has 4 rings (SSSR count). The van der Waals surface area contributed by atoms with Crippen LogP contribution in [0.25, 0.3) is 0 Å². The first-order chi connectivity index (χ1) is 22.2. The summed E-state index contributed by atoms with van der Waals surface area (Å²) < 4.78 is 45.0. The number of anilines is 3. The number of rotatable bonds is 14. The number of ether oxygens (including phenoxy) is 1. The first kappa shape index (κ1) is 35.3. The van der Waals surface area contributed by atoms with Gasteiger partial charge in [0.1, 0.15) is 17.1 Å². The first-order valence-corrected chi connectivity index (χ1v) is 16.8. The Bertz CT molecular complexity index is 1280. The van der Waals surface area contributed by atoms with Gasteiger partial charge in [-0.15, -0.1) is 0 Å². The van der Waals surface area contributed by atoms with Crippen LogP contribution >= 0.6 is 0 Å². The molecular weight excluding hydrogens is 597 g/mol. The Labute approximate surface area is 270 Å². The standard InChI is InChI=1S/C34H49F3N6O3/c1-38-31-27(34(35,36)37)24-39-33(41-31)40-28-18-17-26(23-29(28)46-2)32(45)43-21-19-42(20-22-43)30(44)16-12-6-4-3-5-9-13-25-14-10-7-8-11-15-25/h17-18,23-25H,3-16,19-22H2,1-2H3,(H2,38,39,40,41). The number of nitrogens with one attached hydrogen (secondary N) is 2. The van der Waals surface area contributed by atoms with Crippen LogP contribution in [-0.2, 0) is 11.0 Å². The molecule has 1 aliphatic heterocycles. The van der Waals surface area contributed by atoms with E-state index in [0.29, 0.717) is 55.8 Å². The molecule has 1 aliphatic carbocycles. The van der Waals surface area contributed by atoms with Crippen molar-refractivity contribution in [1.29, 1.82) is 0 Å². The molecule has 1 aromatic carbocycles. The number of carbonyl (C=O) groups is 2. The van der Waals surface area contributed by atoms with Crippen molar-refractivity contribution in [2.24, 2.45) is 5.92 Å². The molecule has 2 N–H and O–H groups in total. The van der Waals surface area contributed by atoms with Crippen LogP contribution in [0.5, 0.6) is 5.75 Å². The van der Waals surface area contributed by atoms with Gasteiger partial charge in [-0.1, -0.05) is 77.0 Å². The molecule has 0 atom stereocenters. The number of nitrogens with zero attached hydrogens (tertiary/aromatic N) is 4. The minimum Gasteiger partial charge on any atom is -0.495 e. The summed E-state index contributed by atoms with van der Waals surface area (Å²) in [5.41, 5.74) is -0.178. The average Bonchev–Trinajstić information content (AvgIpc) is 3.34. The summed E-state index contributed by atoms with van der Waals surface area (Å²) in [5.74, 6) is 0.820. The molecule has 2 amide bonds. The zero-order valence-corrected chi connectivity index (χ0v) is 27.3. The van der Waals surface area contributed by atoms with E-state index in [1.54, 1.807) is 23.1 Å². The van der Waals surface area contributed by atoms with Crippen LogP contribution in [-0.4, -0.2) is 71.9 Å². The molecule has 0 bridgehead atoms. The number of methoxy groups -OCH3 is 1. The Hall–Kier alpha value is -3.57. The van der Waals surface area contributed by atoms with E-state index in [-0.39, 0.29) is 23.6 Å². The van der Waals surface area contributed by atoms with Gasteiger partial charge in [-0.25, -0.2) is 4.98 Å². The van der Waals surface area contributed by atoms with Crippen molar-refractivity contribution in [3.63, 3.8) is 0 Å². The van der Waals surface area contributed by atoms with Crippen LogP contribution in [0.4, 0.5) is 30.6 Å². The minimum absolute atomic E-state index is 0.0595. The molecule has 9 nitrogen and oxygen atoms in total. The van der Waals surface area contributed by atoms with Gasteiger partial charge >= 0.3 is 6.18 Å². The summed E-state index contributed by atoms with van der Waals surface area (Å²) in [7, 11) is 2.78. The van der Waals surface area contributed by atoms with E-state index < -0.39 is 11.7 Å².